The molecule has 1 rings (SSSR count). The van der Waals surface area contributed by atoms with Crippen molar-refractivity contribution in [3.63, 3.8) is 0 Å². The van der Waals surface area contributed by atoms with Crippen LogP contribution in [0.25, 0.3) is 0 Å². The van der Waals surface area contributed by atoms with Crippen molar-refractivity contribution in [3.05, 3.63) is 20.8 Å². The smallest absolute Gasteiger partial charge is 0.243 e. The molecule has 0 bridgehead atoms. The Morgan fingerprint density at radius 2 is 2.29 bits per heavy atom. The van der Waals surface area contributed by atoms with Crippen molar-refractivity contribution in [1.82, 2.24) is 5.48 Å². The van der Waals surface area contributed by atoms with Crippen LogP contribution in [0.15, 0.2) is 15.9 Å². The van der Waals surface area contributed by atoms with Gasteiger partial charge in [-0.1, -0.05) is 13.8 Å². The number of rotatable bonds is 7. The minimum Gasteiger partial charge on any atom is -0.273 e. The van der Waals surface area contributed by atoms with Gasteiger partial charge in [0.15, 0.2) is 0 Å². The second kappa shape index (κ2) is 7.84. The largest absolute Gasteiger partial charge is 0.273 e. The highest BCUT2D eigenvalue weighted by Crippen LogP contribution is 2.23. The van der Waals surface area contributed by atoms with Gasteiger partial charge in [-0.25, -0.2) is 5.48 Å². The lowest BCUT2D eigenvalue weighted by Gasteiger charge is -2.07. The Morgan fingerprint density at radius 3 is 2.88 bits per heavy atom. The van der Waals surface area contributed by atoms with Crippen LogP contribution < -0.4 is 5.48 Å². The third-order valence-electron chi connectivity index (χ3n) is 2.06. The maximum atomic E-state index is 11.4. The van der Waals surface area contributed by atoms with Crippen molar-refractivity contribution >= 4 is 33.2 Å². The van der Waals surface area contributed by atoms with Gasteiger partial charge < -0.3 is 0 Å². The first kappa shape index (κ1) is 14.7. The van der Waals surface area contributed by atoms with Gasteiger partial charge in [-0.05, 0) is 46.8 Å². The van der Waals surface area contributed by atoms with Crippen molar-refractivity contribution in [1.29, 1.82) is 0 Å². The van der Waals surface area contributed by atoms with Crippen molar-refractivity contribution in [2.75, 3.05) is 6.61 Å². The van der Waals surface area contributed by atoms with E-state index in [-0.39, 0.29) is 5.91 Å². The van der Waals surface area contributed by atoms with E-state index in [0.29, 0.717) is 18.9 Å². The predicted molar refractivity (Wildman–Crippen MR) is 73.9 cm³/mol. The van der Waals surface area contributed by atoms with Gasteiger partial charge in [-0.15, -0.1) is 11.3 Å². The van der Waals surface area contributed by atoms with Gasteiger partial charge >= 0.3 is 0 Å². The number of thiophene rings is 1. The Morgan fingerprint density at radius 1 is 1.53 bits per heavy atom. The van der Waals surface area contributed by atoms with Crippen molar-refractivity contribution in [3.8, 4) is 0 Å². The van der Waals surface area contributed by atoms with E-state index in [1.807, 2.05) is 19.9 Å². The van der Waals surface area contributed by atoms with Gasteiger partial charge in [-0.2, -0.15) is 0 Å². The molecule has 0 aliphatic carbocycles. The Balaban J connectivity index is 2.08. The first-order chi connectivity index (χ1) is 8.08. The molecule has 0 spiro atoms. The number of carbonyl (C=O) groups excluding carboxylic acids is 1. The summed E-state index contributed by atoms with van der Waals surface area (Å²) in [6.07, 6.45) is 2.30. The number of hydrogen-bond donors (Lipinski definition) is 1. The molecule has 0 aliphatic heterocycles. The average molecular weight is 320 g/mol. The lowest BCUT2D eigenvalue weighted by atomic mass is 10.2. The fourth-order valence-corrected chi connectivity index (χ4v) is 2.77. The molecule has 5 heteroatoms. The Hall–Kier alpha value is -0.390. The third-order valence-corrected chi connectivity index (χ3v) is 3.74. The van der Waals surface area contributed by atoms with Crippen molar-refractivity contribution in [2.45, 2.75) is 33.1 Å². The molecular weight excluding hydrogens is 302 g/mol. The number of hydrogen-bond acceptors (Lipinski definition) is 3. The molecule has 0 saturated heterocycles. The molecule has 0 unspecified atom stereocenters. The van der Waals surface area contributed by atoms with Crippen LogP contribution in [0.4, 0.5) is 0 Å². The first-order valence-electron chi connectivity index (χ1n) is 5.72. The molecule has 0 aromatic carbocycles. The summed E-state index contributed by atoms with van der Waals surface area (Å²) < 4.78 is 1.14. The van der Waals surface area contributed by atoms with Crippen molar-refractivity contribution < 1.29 is 9.63 Å². The number of aryl methyl sites for hydroxylation is 1. The highest BCUT2D eigenvalue weighted by molar-refractivity contribution is 9.11. The van der Waals surface area contributed by atoms with Gasteiger partial charge in [0, 0.05) is 11.3 Å². The summed E-state index contributed by atoms with van der Waals surface area (Å²) in [6.45, 7) is 4.64. The zero-order valence-corrected chi connectivity index (χ0v) is 12.6. The molecule has 0 aliphatic rings. The van der Waals surface area contributed by atoms with E-state index in [1.165, 1.54) is 4.88 Å². The van der Waals surface area contributed by atoms with E-state index in [0.717, 1.165) is 16.6 Å². The van der Waals surface area contributed by atoms with E-state index in [1.54, 1.807) is 11.3 Å². The van der Waals surface area contributed by atoms with Gasteiger partial charge in [0.25, 0.3) is 0 Å². The zero-order valence-electron chi connectivity index (χ0n) is 10.2. The van der Waals surface area contributed by atoms with Crippen molar-refractivity contribution in [2.24, 2.45) is 5.92 Å². The van der Waals surface area contributed by atoms with Gasteiger partial charge in [-0.3, -0.25) is 9.63 Å². The fraction of sp³-hybridized carbons (Fsp3) is 0.583. The Labute approximate surface area is 115 Å². The molecule has 0 fully saturated rings. The SMILES string of the molecule is CC(C)CONC(=O)CCCc1ccc(Br)s1. The van der Waals surface area contributed by atoms with Crippen LogP contribution in [0.2, 0.25) is 0 Å². The summed E-state index contributed by atoms with van der Waals surface area (Å²) in [6, 6.07) is 4.12. The highest BCUT2D eigenvalue weighted by atomic mass is 79.9. The number of halogens is 1. The van der Waals surface area contributed by atoms with Crippen LogP contribution in [0, 0.1) is 5.92 Å². The molecule has 96 valence electrons. The topological polar surface area (TPSA) is 38.3 Å². The van der Waals surface area contributed by atoms with Crippen LogP contribution in [0.3, 0.4) is 0 Å². The second-order valence-electron chi connectivity index (χ2n) is 4.29. The molecule has 0 radical (unpaired) electrons. The summed E-state index contributed by atoms with van der Waals surface area (Å²) in [5.41, 5.74) is 2.46. The minimum atomic E-state index is -0.0405. The molecule has 1 aromatic rings. The fourth-order valence-electron chi connectivity index (χ4n) is 1.25. The van der Waals surface area contributed by atoms with Crippen LogP contribution in [0.1, 0.15) is 31.6 Å². The van der Waals surface area contributed by atoms with Crippen LogP contribution in [-0.4, -0.2) is 12.5 Å². The van der Waals surface area contributed by atoms with E-state index >= 15 is 0 Å². The number of amides is 1. The maximum Gasteiger partial charge on any atom is 0.243 e. The molecule has 1 heterocycles. The van der Waals surface area contributed by atoms with Crippen LogP contribution >= 0.6 is 27.3 Å². The van der Waals surface area contributed by atoms with Gasteiger partial charge in [0.1, 0.15) is 0 Å². The van der Waals surface area contributed by atoms with Crippen LogP contribution in [0.5, 0.6) is 0 Å². The number of carbonyl (C=O) groups is 1. The van der Waals surface area contributed by atoms with E-state index < -0.39 is 0 Å². The van der Waals surface area contributed by atoms with Crippen LogP contribution in [-0.2, 0) is 16.1 Å². The zero-order chi connectivity index (χ0) is 12.7. The summed E-state index contributed by atoms with van der Waals surface area (Å²) >= 11 is 5.13. The second-order valence-corrected chi connectivity index (χ2v) is 6.84. The molecule has 0 saturated carbocycles. The van der Waals surface area contributed by atoms with E-state index in [4.69, 9.17) is 4.84 Å². The lowest BCUT2D eigenvalue weighted by Crippen LogP contribution is -2.25. The normalized spacial score (nSPS) is 10.8. The summed E-state index contributed by atoms with van der Waals surface area (Å²) in [5.74, 6) is 0.389. The molecular formula is C12H18BrNO2S. The van der Waals surface area contributed by atoms with E-state index in [2.05, 4.69) is 27.5 Å². The summed E-state index contributed by atoms with van der Waals surface area (Å²) in [4.78, 5) is 17.7. The van der Waals surface area contributed by atoms with Gasteiger partial charge in [0.2, 0.25) is 5.91 Å². The Bertz CT molecular complexity index is 352. The number of nitrogens with one attached hydrogen (secondary N) is 1. The summed E-state index contributed by atoms with van der Waals surface area (Å²) in [5, 5.41) is 0. The number of hydroxylamine groups is 1. The Kier molecular flexibility index (Phi) is 6.77. The molecule has 3 nitrogen and oxygen atoms in total. The third kappa shape index (κ3) is 6.81. The predicted octanol–water partition coefficient (Wildman–Crippen LogP) is 3.54. The monoisotopic (exact) mass is 319 g/mol. The average Bonchev–Trinajstić information content (AvgIpc) is 2.63. The maximum absolute atomic E-state index is 11.4. The standard InChI is InChI=1S/C12H18BrNO2S/c1-9(2)8-16-14-12(15)5-3-4-10-6-7-11(13)17-10/h6-7,9H,3-5,8H2,1-2H3,(H,14,15). The quantitative estimate of drug-likeness (QED) is 0.781. The van der Waals surface area contributed by atoms with Gasteiger partial charge in [0.05, 0.1) is 10.4 Å². The molecule has 1 aromatic heterocycles. The molecule has 1 amide bonds. The summed E-state index contributed by atoms with van der Waals surface area (Å²) in [7, 11) is 0. The minimum absolute atomic E-state index is 0.0405. The van der Waals surface area contributed by atoms with E-state index in [9.17, 15) is 4.79 Å². The molecule has 1 N–H and O–H groups in total. The first-order valence-corrected chi connectivity index (χ1v) is 7.33. The molecule has 0 atom stereocenters. The lowest BCUT2D eigenvalue weighted by molar-refractivity contribution is -0.134. The highest BCUT2D eigenvalue weighted by Gasteiger charge is 2.03. The molecule has 17 heavy (non-hydrogen) atoms.